The number of hydrogen-bond acceptors (Lipinski definition) is 4. The van der Waals surface area contributed by atoms with E-state index in [1.807, 2.05) is 6.07 Å². The van der Waals surface area contributed by atoms with Crippen LogP contribution in [0.25, 0.3) is 0 Å². The van der Waals surface area contributed by atoms with Gasteiger partial charge in [0.05, 0.1) is 0 Å². The summed E-state index contributed by atoms with van der Waals surface area (Å²) in [5.74, 6) is 0.0564. The lowest BCUT2D eigenvalue weighted by molar-refractivity contribution is 0.468. The summed E-state index contributed by atoms with van der Waals surface area (Å²) in [6.45, 7) is 0. The first kappa shape index (κ1) is 12.4. The van der Waals surface area contributed by atoms with Gasteiger partial charge in [0.2, 0.25) is 0 Å². The third-order valence-corrected chi connectivity index (χ3v) is 3.38. The largest absolute Gasteiger partial charge is 0.508 e. The molecule has 0 unspecified atom stereocenters. The van der Waals surface area contributed by atoms with E-state index in [2.05, 4.69) is 0 Å². The molecule has 0 spiro atoms. The molecule has 0 radical (unpaired) electrons. The molecule has 2 aromatic rings. The van der Waals surface area contributed by atoms with Crippen molar-refractivity contribution in [2.24, 2.45) is 0 Å². The first-order valence-electron chi connectivity index (χ1n) is 5.30. The number of aromatic hydroxyl groups is 1. The third kappa shape index (κ3) is 3.49. The Labute approximate surface area is 106 Å². The summed E-state index contributed by atoms with van der Waals surface area (Å²) in [5.41, 5.74) is 0.663. The summed E-state index contributed by atoms with van der Waals surface area (Å²) < 4.78 is 28.5. The minimum atomic E-state index is -3.68. The lowest BCUT2D eigenvalue weighted by atomic mass is 10.2. The van der Waals surface area contributed by atoms with Gasteiger partial charge in [0.15, 0.2) is 0 Å². The van der Waals surface area contributed by atoms with Gasteiger partial charge in [-0.25, -0.2) is 0 Å². The van der Waals surface area contributed by atoms with Gasteiger partial charge >= 0.3 is 10.1 Å². The van der Waals surface area contributed by atoms with Crippen molar-refractivity contribution in [3.05, 3.63) is 60.2 Å². The van der Waals surface area contributed by atoms with E-state index in [9.17, 15) is 8.42 Å². The van der Waals surface area contributed by atoms with Gasteiger partial charge in [-0.15, -0.1) is 0 Å². The Morgan fingerprint density at radius 2 is 1.56 bits per heavy atom. The van der Waals surface area contributed by atoms with Crippen LogP contribution in [0.15, 0.2) is 54.6 Å². The molecule has 0 aromatic heterocycles. The first-order valence-corrected chi connectivity index (χ1v) is 6.88. The SMILES string of the molecule is O=S(=O)(Cc1ccccc1)Oc1ccc(O)cc1. The second-order valence-corrected chi connectivity index (χ2v) is 5.34. The molecule has 18 heavy (non-hydrogen) atoms. The van der Waals surface area contributed by atoms with E-state index < -0.39 is 10.1 Å². The van der Waals surface area contributed by atoms with Crippen LogP contribution in [0.1, 0.15) is 5.56 Å². The topological polar surface area (TPSA) is 63.6 Å². The van der Waals surface area contributed by atoms with Crippen molar-refractivity contribution < 1.29 is 17.7 Å². The summed E-state index contributed by atoms with van der Waals surface area (Å²) in [5, 5.41) is 9.09. The molecule has 5 heteroatoms. The molecule has 0 bridgehead atoms. The second-order valence-electron chi connectivity index (χ2n) is 3.76. The van der Waals surface area contributed by atoms with Crippen molar-refractivity contribution in [3.63, 3.8) is 0 Å². The van der Waals surface area contributed by atoms with E-state index >= 15 is 0 Å². The predicted molar refractivity (Wildman–Crippen MR) is 67.8 cm³/mol. The molecule has 0 saturated carbocycles. The number of rotatable bonds is 4. The fraction of sp³-hybridized carbons (Fsp3) is 0.0769. The van der Waals surface area contributed by atoms with Crippen molar-refractivity contribution in [3.8, 4) is 11.5 Å². The van der Waals surface area contributed by atoms with Crippen LogP contribution >= 0.6 is 0 Å². The Morgan fingerprint density at radius 3 is 2.17 bits per heavy atom. The number of phenolic OH excluding ortho intramolecular Hbond substituents is 1. The van der Waals surface area contributed by atoms with Crippen molar-refractivity contribution in [2.45, 2.75) is 5.75 Å². The van der Waals surface area contributed by atoms with Gasteiger partial charge in [-0.2, -0.15) is 8.42 Å². The smallest absolute Gasteiger partial charge is 0.313 e. The van der Waals surface area contributed by atoms with Crippen LogP contribution in [0, 0.1) is 0 Å². The molecule has 4 nitrogen and oxygen atoms in total. The summed E-state index contributed by atoms with van der Waals surface area (Å²) in [4.78, 5) is 0. The van der Waals surface area contributed by atoms with Gasteiger partial charge < -0.3 is 9.29 Å². The van der Waals surface area contributed by atoms with Crippen molar-refractivity contribution in [1.82, 2.24) is 0 Å². The summed E-state index contributed by atoms with van der Waals surface area (Å²) in [6.07, 6.45) is 0. The predicted octanol–water partition coefficient (Wildman–Crippen LogP) is 2.30. The second kappa shape index (κ2) is 5.10. The molecule has 0 aliphatic carbocycles. The average molecular weight is 264 g/mol. The van der Waals surface area contributed by atoms with Gasteiger partial charge in [-0.1, -0.05) is 30.3 Å². The molecule has 94 valence electrons. The fourth-order valence-electron chi connectivity index (χ4n) is 1.46. The molecule has 0 fully saturated rings. The van der Waals surface area contributed by atoms with Crippen molar-refractivity contribution in [2.75, 3.05) is 0 Å². The van der Waals surface area contributed by atoms with E-state index in [-0.39, 0.29) is 17.3 Å². The Bertz CT molecular complexity index is 603. The maximum atomic E-state index is 11.8. The highest BCUT2D eigenvalue weighted by Gasteiger charge is 2.13. The standard InChI is InChI=1S/C13H12O4S/c14-12-6-8-13(9-7-12)17-18(15,16)10-11-4-2-1-3-5-11/h1-9,14H,10H2. The molecular formula is C13H12O4S. The van der Waals surface area contributed by atoms with E-state index in [1.165, 1.54) is 24.3 Å². The van der Waals surface area contributed by atoms with Gasteiger partial charge in [0.1, 0.15) is 17.3 Å². The minimum Gasteiger partial charge on any atom is -0.508 e. The van der Waals surface area contributed by atoms with E-state index in [0.717, 1.165) is 0 Å². The molecule has 0 atom stereocenters. The number of phenols is 1. The fourth-order valence-corrected chi connectivity index (χ4v) is 2.52. The molecule has 0 aliphatic heterocycles. The molecule has 2 aromatic carbocycles. The highest BCUT2D eigenvalue weighted by molar-refractivity contribution is 7.86. The monoisotopic (exact) mass is 264 g/mol. The lowest BCUT2D eigenvalue weighted by Gasteiger charge is -2.06. The maximum Gasteiger partial charge on any atom is 0.313 e. The molecule has 0 heterocycles. The third-order valence-electron chi connectivity index (χ3n) is 2.25. The van der Waals surface area contributed by atoms with E-state index in [4.69, 9.17) is 9.29 Å². The van der Waals surface area contributed by atoms with Gasteiger partial charge in [-0.05, 0) is 29.8 Å². The quantitative estimate of drug-likeness (QED) is 0.861. The molecule has 0 aliphatic rings. The summed E-state index contributed by atoms with van der Waals surface area (Å²) in [6, 6.07) is 14.3. The van der Waals surface area contributed by atoms with Crippen LogP contribution in [0.4, 0.5) is 0 Å². The highest BCUT2D eigenvalue weighted by Crippen LogP contribution is 2.19. The maximum absolute atomic E-state index is 11.8. The zero-order chi connectivity index (χ0) is 13.0. The average Bonchev–Trinajstić information content (AvgIpc) is 2.32. The van der Waals surface area contributed by atoms with Crippen LogP contribution in [0.3, 0.4) is 0 Å². The Morgan fingerprint density at radius 1 is 0.944 bits per heavy atom. The minimum absolute atomic E-state index is 0.0582. The Hall–Kier alpha value is -2.01. The summed E-state index contributed by atoms with van der Waals surface area (Å²) >= 11 is 0. The van der Waals surface area contributed by atoms with Crippen LogP contribution in [0.2, 0.25) is 0 Å². The number of hydrogen-bond donors (Lipinski definition) is 1. The molecule has 0 saturated heterocycles. The van der Waals surface area contributed by atoms with Crippen molar-refractivity contribution >= 4 is 10.1 Å². The molecule has 2 rings (SSSR count). The zero-order valence-corrected chi connectivity index (χ0v) is 10.3. The van der Waals surface area contributed by atoms with Crippen molar-refractivity contribution in [1.29, 1.82) is 0 Å². The molecule has 1 N–H and O–H groups in total. The van der Waals surface area contributed by atoms with Crippen LogP contribution < -0.4 is 4.18 Å². The van der Waals surface area contributed by atoms with Gasteiger partial charge in [0, 0.05) is 0 Å². The van der Waals surface area contributed by atoms with Crippen LogP contribution in [-0.4, -0.2) is 13.5 Å². The zero-order valence-electron chi connectivity index (χ0n) is 9.48. The first-order chi connectivity index (χ1) is 8.55. The van der Waals surface area contributed by atoms with Crippen LogP contribution in [-0.2, 0) is 15.9 Å². The molecular weight excluding hydrogens is 252 g/mol. The van der Waals surface area contributed by atoms with E-state index in [0.29, 0.717) is 5.56 Å². The lowest BCUT2D eigenvalue weighted by Crippen LogP contribution is -2.11. The van der Waals surface area contributed by atoms with Gasteiger partial charge in [-0.3, -0.25) is 0 Å². The normalized spacial score (nSPS) is 11.1. The number of benzene rings is 2. The summed E-state index contributed by atoms with van der Waals surface area (Å²) in [7, 11) is -3.68. The highest BCUT2D eigenvalue weighted by atomic mass is 32.2. The molecule has 0 amide bonds. The van der Waals surface area contributed by atoms with Gasteiger partial charge in [0.25, 0.3) is 0 Å². The van der Waals surface area contributed by atoms with E-state index in [1.54, 1.807) is 24.3 Å². The Kier molecular flexibility index (Phi) is 3.53. The van der Waals surface area contributed by atoms with Crippen LogP contribution in [0.5, 0.6) is 11.5 Å². The Balaban J connectivity index is 2.10.